The molecule has 0 radical (unpaired) electrons. The van der Waals surface area contributed by atoms with Gasteiger partial charge in [-0.05, 0) is 30.5 Å². The minimum Gasteiger partial charge on any atom is -0.323 e. The molecule has 0 saturated carbocycles. The lowest BCUT2D eigenvalue weighted by Gasteiger charge is -2.15. The fourth-order valence-electron chi connectivity index (χ4n) is 1.43. The highest BCUT2D eigenvalue weighted by Gasteiger charge is 2.16. The summed E-state index contributed by atoms with van der Waals surface area (Å²) >= 11 is 11.8. The Hall–Kier alpha value is -0.770. The monoisotopic (exact) mass is 274 g/mol. The molecule has 0 unspecified atom stereocenters. The van der Waals surface area contributed by atoms with Crippen LogP contribution in [0.2, 0.25) is 10.0 Å². The summed E-state index contributed by atoms with van der Waals surface area (Å²) in [5, 5.41) is 3.64. The number of carbonyl (C=O) groups excluding carboxylic acids is 1. The number of nitrogens with two attached hydrogens (primary N) is 1. The van der Waals surface area contributed by atoms with Crippen molar-refractivity contribution in [2.24, 2.45) is 11.7 Å². The molecule has 0 aliphatic rings. The second kappa shape index (κ2) is 6.24. The van der Waals surface area contributed by atoms with Crippen LogP contribution in [0.1, 0.15) is 20.3 Å². The van der Waals surface area contributed by atoms with Gasteiger partial charge in [0.2, 0.25) is 5.91 Å². The molecule has 1 rings (SSSR count). The third-order valence-electron chi connectivity index (χ3n) is 2.25. The largest absolute Gasteiger partial charge is 0.323 e. The Balaban J connectivity index is 2.70. The molecule has 0 spiro atoms. The van der Waals surface area contributed by atoms with Gasteiger partial charge in [0.15, 0.2) is 0 Å². The molecular weight excluding hydrogens is 259 g/mol. The van der Waals surface area contributed by atoms with Gasteiger partial charge >= 0.3 is 0 Å². The van der Waals surface area contributed by atoms with Gasteiger partial charge in [-0.15, -0.1) is 0 Å². The fraction of sp³-hybridized carbons (Fsp3) is 0.417. The lowest BCUT2D eigenvalue weighted by molar-refractivity contribution is -0.117. The number of benzene rings is 1. The molecule has 5 heteroatoms. The number of carbonyl (C=O) groups is 1. The predicted molar refractivity (Wildman–Crippen MR) is 72.5 cm³/mol. The summed E-state index contributed by atoms with van der Waals surface area (Å²) in [4.78, 5) is 11.8. The maximum Gasteiger partial charge on any atom is 0.241 e. The minimum atomic E-state index is -0.537. The molecular formula is C12H16Cl2N2O. The number of halogens is 2. The molecule has 3 N–H and O–H groups in total. The summed E-state index contributed by atoms with van der Waals surface area (Å²) < 4.78 is 0. The summed E-state index contributed by atoms with van der Waals surface area (Å²) in [7, 11) is 0. The number of amides is 1. The topological polar surface area (TPSA) is 55.1 Å². The SMILES string of the molecule is CC(C)C[C@@H](N)C(=O)Nc1cc(Cl)ccc1Cl. The van der Waals surface area contributed by atoms with Crippen molar-refractivity contribution in [1.82, 2.24) is 0 Å². The van der Waals surface area contributed by atoms with E-state index in [0.717, 1.165) is 0 Å². The maximum absolute atomic E-state index is 11.8. The van der Waals surface area contributed by atoms with Crippen LogP contribution in [0, 0.1) is 5.92 Å². The zero-order valence-electron chi connectivity index (χ0n) is 9.84. The molecule has 1 atom stereocenters. The van der Waals surface area contributed by atoms with E-state index in [1.165, 1.54) is 0 Å². The summed E-state index contributed by atoms with van der Waals surface area (Å²) in [5.41, 5.74) is 6.26. The molecule has 17 heavy (non-hydrogen) atoms. The molecule has 0 bridgehead atoms. The van der Waals surface area contributed by atoms with Crippen LogP contribution >= 0.6 is 23.2 Å². The molecule has 94 valence electrons. The van der Waals surface area contributed by atoms with E-state index >= 15 is 0 Å². The quantitative estimate of drug-likeness (QED) is 0.885. The van der Waals surface area contributed by atoms with Crippen molar-refractivity contribution in [3.05, 3.63) is 28.2 Å². The Kier molecular flexibility index (Phi) is 5.25. The molecule has 1 aromatic carbocycles. The third-order valence-corrected chi connectivity index (χ3v) is 2.81. The second-order valence-electron chi connectivity index (χ2n) is 4.35. The van der Waals surface area contributed by atoms with E-state index in [1.54, 1.807) is 18.2 Å². The molecule has 3 nitrogen and oxygen atoms in total. The molecule has 0 aromatic heterocycles. The highest BCUT2D eigenvalue weighted by Crippen LogP contribution is 2.25. The van der Waals surface area contributed by atoms with E-state index in [2.05, 4.69) is 5.32 Å². The average molecular weight is 275 g/mol. The van der Waals surface area contributed by atoms with Crippen LogP contribution in [0.4, 0.5) is 5.69 Å². The Morgan fingerprint density at radius 1 is 1.41 bits per heavy atom. The van der Waals surface area contributed by atoms with Crippen LogP contribution in [-0.4, -0.2) is 11.9 Å². The zero-order valence-corrected chi connectivity index (χ0v) is 11.3. The van der Waals surface area contributed by atoms with Crippen molar-refractivity contribution in [2.75, 3.05) is 5.32 Å². The first-order valence-corrected chi connectivity index (χ1v) is 6.17. The standard InChI is InChI=1S/C12H16Cl2N2O/c1-7(2)5-10(15)12(17)16-11-6-8(13)3-4-9(11)14/h3-4,6-7,10H,5,15H2,1-2H3,(H,16,17)/t10-/m1/s1. The predicted octanol–water partition coefficient (Wildman–Crippen LogP) is 3.31. The molecule has 0 aliphatic heterocycles. The van der Waals surface area contributed by atoms with Crippen molar-refractivity contribution < 1.29 is 4.79 Å². The van der Waals surface area contributed by atoms with E-state index in [4.69, 9.17) is 28.9 Å². The van der Waals surface area contributed by atoms with Crippen molar-refractivity contribution in [3.8, 4) is 0 Å². The molecule has 1 amide bonds. The van der Waals surface area contributed by atoms with Crippen LogP contribution in [-0.2, 0) is 4.79 Å². The molecule has 0 aliphatic carbocycles. The molecule has 1 aromatic rings. The van der Waals surface area contributed by atoms with Gasteiger partial charge in [0, 0.05) is 5.02 Å². The van der Waals surface area contributed by atoms with Crippen LogP contribution in [0.25, 0.3) is 0 Å². The van der Waals surface area contributed by atoms with Crippen LogP contribution in [0.5, 0.6) is 0 Å². The first-order valence-electron chi connectivity index (χ1n) is 5.41. The summed E-state index contributed by atoms with van der Waals surface area (Å²) in [6, 6.07) is 4.36. The number of anilines is 1. The summed E-state index contributed by atoms with van der Waals surface area (Å²) in [5.74, 6) is 0.119. The van der Waals surface area contributed by atoms with Crippen molar-refractivity contribution in [1.29, 1.82) is 0 Å². The highest BCUT2D eigenvalue weighted by molar-refractivity contribution is 6.35. The first-order chi connectivity index (χ1) is 7.90. The Morgan fingerprint density at radius 3 is 2.65 bits per heavy atom. The molecule has 0 fully saturated rings. The molecule has 0 heterocycles. The van der Waals surface area contributed by atoms with Crippen LogP contribution in [0.15, 0.2) is 18.2 Å². The smallest absolute Gasteiger partial charge is 0.241 e. The van der Waals surface area contributed by atoms with Gasteiger partial charge in [-0.1, -0.05) is 37.0 Å². The van der Waals surface area contributed by atoms with E-state index in [-0.39, 0.29) is 5.91 Å². The zero-order chi connectivity index (χ0) is 13.0. The van der Waals surface area contributed by atoms with E-state index < -0.39 is 6.04 Å². The van der Waals surface area contributed by atoms with Gasteiger partial charge in [-0.2, -0.15) is 0 Å². The Labute approximate surface area is 111 Å². The van der Waals surface area contributed by atoms with Crippen molar-refractivity contribution in [3.63, 3.8) is 0 Å². The lowest BCUT2D eigenvalue weighted by atomic mass is 10.0. The van der Waals surface area contributed by atoms with Gasteiger partial charge in [-0.25, -0.2) is 0 Å². The van der Waals surface area contributed by atoms with Gasteiger partial charge in [0.05, 0.1) is 16.8 Å². The second-order valence-corrected chi connectivity index (χ2v) is 5.19. The third kappa shape index (κ3) is 4.54. The van der Waals surface area contributed by atoms with Crippen molar-refractivity contribution >= 4 is 34.8 Å². The van der Waals surface area contributed by atoms with Gasteiger partial charge in [-0.3, -0.25) is 4.79 Å². The van der Waals surface area contributed by atoms with E-state index in [1.807, 2.05) is 13.8 Å². The van der Waals surface area contributed by atoms with Gasteiger partial charge < -0.3 is 11.1 Å². The first kappa shape index (κ1) is 14.3. The molecule has 0 saturated heterocycles. The van der Waals surface area contributed by atoms with Crippen LogP contribution in [0.3, 0.4) is 0 Å². The van der Waals surface area contributed by atoms with Crippen LogP contribution < -0.4 is 11.1 Å². The minimum absolute atomic E-state index is 0.247. The number of hydrogen-bond acceptors (Lipinski definition) is 2. The van der Waals surface area contributed by atoms with E-state index in [0.29, 0.717) is 28.1 Å². The summed E-state index contributed by atoms with van der Waals surface area (Å²) in [6.07, 6.45) is 0.629. The normalized spacial score (nSPS) is 12.6. The lowest BCUT2D eigenvalue weighted by Crippen LogP contribution is -2.36. The fourth-order valence-corrected chi connectivity index (χ4v) is 1.77. The summed E-state index contributed by atoms with van der Waals surface area (Å²) in [6.45, 7) is 4.03. The van der Waals surface area contributed by atoms with Gasteiger partial charge in [0.25, 0.3) is 0 Å². The highest BCUT2D eigenvalue weighted by atomic mass is 35.5. The van der Waals surface area contributed by atoms with Gasteiger partial charge in [0.1, 0.15) is 0 Å². The maximum atomic E-state index is 11.8. The Bertz CT molecular complexity index is 407. The van der Waals surface area contributed by atoms with Crippen molar-refractivity contribution in [2.45, 2.75) is 26.3 Å². The average Bonchev–Trinajstić information content (AvgIpc) is 2.22. The number of nitrogens with one attached hydrogen (secondary N) is 1. The van der Waals surface area contributed by atoms with E-state index in [9.17, 15) is 4.79 Å². The Morgan fingerprint density at radius 2 is 2.06 bits per heavy atom. The number of hydrogen-bond donors (Lipinski definition) is 2. The number of rotatable bonds is 4.